The molecule has 1 aromatic heterocycles. The summed E-state index contributed by atoms with van der Waals surface area (Å²) in [6, 6.07) is 1.83. The molecule has 0 saturated heterocycles. The van der Waals surface area contributed by atoms with E-state index in [9.17, 15) is 13.2 Å². The molecule has 0 aliphatic carbocycles. The number of aryl methyl sites for hydroxylation is 1. The van der Waals surface area contributed by atoms with Crippen molar-refractivity contribution in [2.75, 3.05) is 6.61 Å². The van der Waals surface area contributed by atoms with Crippen LogP contribution in [0.3, 0.4) is 0 Å². The molecular weight excluding hydrogens is 278 g/mol. The molecule has 0 amide bonds. The Morgan fingerprint density at radius 2 is 2.17 bits per heavy atom. The van der Waals surface area contributed by atoms with E-state index in [0.717, 1.165) is 22.6 Å². The van der Waals surface area contributed by atoms with Crippen molar-refractivity contribution < 1.29 is 23.4 Å². The van der Waals surface area contributed by atoms with Gasteiger partial charge in [0.05, 0.1) is 0 Å². The number of hydrogen-bond acceptors (Lipinski definition) is 5. The Morgan fingerprint density at radius 1 is 1.50 bits per heavy atom. The van der Waals surface area contributed by atoms with Gasteiger partial charge in [0.1, 0.15) is 10.3 Å². The van der Waals surface area contributed by atoms with Gasteiger partial charge in [0.2, 0.25) is 0 Å². The van der Waals surface area contributed by atoms with Crippen LogP contribution in [0.2, 0.25) is 0 Å². The minimum absolute atomic E-state index is 0.0866. The number of carboxylic acids is 1. The highest BCUT2D eigenvalue weighted by Gasteiger charge is 2.25. The lowest BCUT2D eigenvalue weighted by molar-refractivity contribution is -0.139. The first kappa shape index (κ1) is 15.1. The molecule has 3 N–H and O–H groups in total. The van der Waals surface area contributed by atoms with Gasteiger partial charge in [0.25, 0.3) is 10.0 Å². The summed E-state index contributed by atoms with van der Waals surface area (Å²) < 4.78 is 26.0. The van der Waals surface area contributed by atoms with E-state index in [0.29, 0.717) is 0 Å². The van der Waals surface area contributed by atoms with Crippen LogP contribution in [0.25, 0.3) is 0 Å². The van der Waals surface area contributed by atoms with Crippen LogP contribution >= 0.6 is 11.3 Å². The largest absolute Gasteiger partial charge is 0.480 e. The first-order valence-corrected chi connectivity index (χ1v) is 7.65. The SMILES string of the molecule is CCc1ccc(S(=O)(=O)N[C@H](CCO)C(=O)O)s1. The molecule has 8 heteroatoms. The molecule has 0 bridgehead atoms. The second-order valence-electron chi connectivity index (χ2n) is 3.60. The summed E-state index contributed by atoms with van der Waals surface area (Å²) in [6.45, 7) is 1.51. The van der Waals surface area contributed by atoms with Gasteiger partial charge in [-0.05, 0) is 25.0 Å². The molecule has 0 radical (unpaired) electrons. The van der Waals surface area contributed by atoms with Gasteiger partial charge in [0, 0.05) is 11.5 Å². The summed E-state index contributed by atoms with van der Waals surface area (Å²) >= 11 is 1.11. The molecule has 1 aromatic rings. The van der Waals surface area contributed by atoms with Crippen LogP contribution < -0.4 is 4.72 Å². The van der Waals surface area contributed by atoms with Crippen LogP contribution in [-0.4, -0.2) is 37.2 Å². The van der Waals surface area contributed by atoms with Crippen LogP contribution in [0, 0.1) is 0 Å². The van der Waals surface area contributed by atoms with Gasteiger partial charge < -0.3 is 10.2 Å². The quantitative estimate of drug-likeness (QED) is 0.676. The van der Waals surface area contributed by atoms with Crippen LogP contribution in [0.15, 0.2) is 16.3 Å². The molecule has 0 unspecified atom stereocenters. The maximum atomic E-state index is 11.9. The Labute approximate surface area is 109 Å². The zero-order chi connectivity index (χ0) is 13.8. The molecule has 1 atom stereocenters. The number of carboxylic acid groups (broad SMARTS) is 1. The number of carbonyl (C=O) groups is 1. The van der Waals surface area contributed by atoms with Crippen molar-refractivity contribution >= 4 is 27.3 Å². The van der Waals surface area contributed by atoms with Gasteiger partial charge in [-0.3, -0.25) is 4.79 Å². The molecule has 0 saturated carbocycles. The lowest BCUT2D eigenvalue weighted by Crippen LogP contribution is -2.41. The minimum atomic E-state index is -3.84. The lowest BCUT2D eigenvalue weighted by Gasteiger charge is -2.12. The predicted octanol–water partition coefficient (Wildman–Crippen LogP) is 0.424. The van der Waals surface area contributed by atoms with E-state index in [1.54, 1.807) is 6.07 Å². The first-order valence-electron chi connectivity index (χ1n) is 5.35. The summed E-state index contributed by atoms with van der Waals surface area (Å²) in [6.07, 6.45) is 0.555. The van der Waals surface area contributed by atoms with Gasteiger partial charge in [-0.1, -0.05) is 6.92 Å². The van der Waals surface area contributed by atoms with E-state index >= 15 is 0 Å². The fraction of sp³-hybridized carbons (Fsp3) is 0.500. The molecule has 102 valence electrons. The third kappa shape index (κ3) is 3.77. The number of aliphatic carboxylic acids is 1. The monoisotopic (exact) mass is 293 g/mol. The van der Waals surface area contributed by atoms with Crippen molar-refractivity contribution in [2.24, 2.45) is 0 Å². The fourth-order valence-corrected chi connectivity index (χ4v) is 3.84. The number of hydrogen-bond donors (Lipinski definition) is 3. The van der Waals surface area contributed by atoms with E-state index in [2.05, 4.69) is 4.72 Å². The van der Waals surface area contributed by atoms with E-state index in [1.165, 1.54) is 6.07 Å². The topological polar surface area (TPSA) is 104 Å². The second-order valence-corrected chi connectivity index (χ2v) is 6.71. The Balaban J connectivity index is 2.89. The van der Waals surface area contributed by atoms with Gasteiger partial charge in [-0.2, -0.15) is 4.72 Å². The van der Waals surface area contributed by atoms with Crippen molar-refractivity contribution in [3.63, 3.8) is 0 Å². The van der Waals surface area contributed by atoms with Crippen LogP contribution in [0.1, 0.15) is 18.2 Å². The van der Waals surface area contributed by atoms with Crippen molar-refractivity contribution in [3.05, 3.63) is 17.0 Å². The number of nitrogens with one attached hydrogen (secondary N) is 1. The maximum absolute atomic E-state index is 11.9. The van der Waals surface area contributed by atoms with E-state index in [1.807, 2.05) is 6.92 Å². The number of aliphatic hydroxyl groups is 1. The number of sulfonamides is 1. The third-order valence-electron chi connectivity index (χ3n) is 2.26. The van der Waals surface area contributed by atoms with Crippen molar-refractivity contribution in [1.82, 2.24) is 4.72 Å². The summed E-state index contributed by atoms with van der Waals surface area (Å²) in [5, 5.41) is 17.5. The van der Waals surface area contributed by atoms with Crippen LogP contribution in [-0.2, 0) is 21.2 Å². The zero-order valence-corrected chi connectivity index (χ0v) is 11.4. The van der Waals surface area contributed by atoms with Crippen molar-refractivity contribution in [3.8, 4) is 0 Å². The van der Waals surface area contributed by atoms with Gasteiger partial charge in [0.15, 0.2) is 0 Å². The molecular formula is C10H15NO5S2. The van der Waals surface area contributed by atoms with Gasteiger partial charge >= 0.3 is 5.97 Å². The molecule has 1 heterocycles. The highest BCUT2D eigenvalue weighted by Crippen LogP contribution is 2.22. The highest BCUT2D eigenvalue weighted by atomic mass is 32.2. The van der Waals surface area contributed by atoms with Gasteiger partial charge in [-0.25, -0.2) is 8.42 Å². The van der Waals surface area contributed by atoms with E-state index < -0.39 is 28.6 Å². The maximum Gasteiger partial charge on any atom is 0.321 e. The summed E-state index contributed by atoms with van der Waals surface area (Å²) in [5.41, 5.74) is 0. The predicted molar refractivity (Wildman–Crippen MR) is 67.1 cm³/mol. The van der Waals surface area contributed by atoms with E-state index in [4.69, 9.17) is 10.2 Å². The molecule has 1 rings (SSSR count). The molecule has 0 aliphatic rings. The Morgan fingerprint density at radius 3 is 2.61 bits per heavy atom. The Hall–Kier alpha value is -0.960. The average Bonchev–Trinajstić information content (AvgIpc) is 2.77. The minimum Gasteiger partial charge on any atom is -0.480 e. The van der Waals surface area contributed by atoms with Crippen LogP contribution in [0.4, 0.5) is 0 Å². The van der Waals surface area contributed by atoms with Crippen LogP contribution in [0.5, 0.6) is 0 Å². The standard InChI is InChI=1S/C10H15NO5S2/c1-2-7-3-4-9(17-7)18(15,16)11-8(5-6-12)10(13)14/h3-4,8,11-12H,2,5-6H2,1H3,(H,13,14)/t8-/m1/s1. The number of rotatable bonds is 7. The van der Waals surface area contributed by atoms with Gasteiger partial charge in [-0.15, -0.1) is 11.3 Å². The average molecular weight is 293 g/mol. The van der Waals surface area contributed by atoms with Crippen molar-refractivity contribution in [1.29, 1.82) is 0 Å². The smallest absolute Gasteiger partial charge is 0.321 e. The van der Waals surface area contributed by atoms with E-state index in [-0.39, 0.29) is 10.6 Å². The highest BCUT2D eigenvalue weighted by molar-refractivity contribution is 7.91. The van der Waals surface area contributed by atoms with Crippen molar-refractivity contribution in [2.45, 2.75) is 30.0 Å². The third-order valence-corrected chi connectivity index (χ3v) is 5.46. The first-order chi connectivity index (χ1) is 8.40. The molecule has 18 heavy (non-hydrogen) atoms. The Bertz CT molecular complexity index is 508. The number of thiophene rings is 1. The summed E-state index contributed by atoms with van der Waals surface area (Å²) in [4.78, 5) is 11.7. The second kappa shape index (κ2) is 6.28. The molecule has 0 aliphatic heterocycles. The zero-order valence-electron chi connectivity index (χ0n) is 9.79. The lowest BCUT2D eigenvalue weighted by atomic mass is 10.2. The fourth-order valence-electron chi connectivity index (χ4n) is 1.30. The summed E-state index contributed by atoms with van der Waals surface area (Å²) in [5.74, 6) is -1.31. The number of aliphatic hydroxyl groups excluding tert-OH is 1. The molecule has 0 aromatic carbocycles. The molecule has 6 nitrogen and oxygen atoms in total. The molecule has 0 fully saturated rings. The Kier molecular flexibility index (Phi) is 5.27. The molecule has 0 spiro atoms. The normalized spacial score (nSPS) is 13.4. The summed E-state index contributed by atoms with van der Waals surface area (Å²) in [7, 11) is -3.84.